The molecule has 3 heterocycles. The van der Waals surface area contributed by atoms with Crippen LogP contribution < -0.4 is 21.7 Å². The molecule has 0 radical (unpaired) electrons. The molecule has 42 heavy (non-hydrogen) atoms. The zero-order chi connectivity index (χ0) is 30.8. The molecule has 224 valence electrons. The summed E-state index contributed by atoms with van der Waals surface area (Å²) < 4.78 is 21.5. The van der Waals surface area contributed by atoms with Crippen molar-refractivity contribution in [1.82, 2.24) is 24.1 Å². The highest BCUT2D eigenvalue weighted by Crippen LogP contribution is 2.31. The molecule has 0 unspecified atom stereocenters. The highest BCUT2D eigenvalue weighted by Gasteiger charge is 2.34. The van der Waals surface area contributed by atoms with E-state index < -0.39 is 28.5 Å². The number of nitrogens with two attached hydrogens (primary N) is 1. The zero-order valence-electron chi connectivity index (χ0n) is 23.8. The third-order valence-electron chi connectivity index (χ3n) is 7.31. The number of aromatic nitrogens is 5. The second kappa shape index (κ2) is 12.4. The quantitative estimate of drug-likeness (QED) is 0.326. The average Bonchev–Trinajstić information content (AvgIpc) is 3.59. The Hall–Kier alpha value is -4.17. The van der Waals surface area contributed by atoms with Crippen LogP contribution in [0.2, 0.25) is 0 Å². The van der Waals surface area contributed by atoms with Crippen LogP contribution in [0.25, 0.3) is 15.2 Å². The van der Waals surface area contributed by atoms with Crippen LogP contribution in [0.3, 0.4) is 0 Å². The van der Waals surface area contributed by atoms with Crippen LogP contribution in [-0.4, -0.2) is 54.1 Å². The molecule has 3 aromatic heterocycles. The van der Waals surface area contributed by atoms with Crippen molar-refractivity contribution in [2.24, 2.45) is 5.73 Å². The topological polar surface area (TPSA) is 164 Å². The summed E-state index contributed by atoms with van der Waals surface area (Å²) in [5.41, 5.74) is 3.75. The van der Waals surface area contributed by atoms with E-state index in [9.17, 15) is 23.6 Å². The van der Waals surface area contributed by atoms with Crippen molar-refractivity contribution in [2.75, 3.05) is 7.11 Å². The van der Waals surface area contributed by atoms with Gasteiger partial charge >= 0.3 is 5.69 Å². The molecule has 5 rings (SSSR count). The van der Waals surface area contributed by atoms with E-state index in [0.717, 1.165) is 4.57 Å². The number of ketones is 1. The van der Waals surface area contributed by atoms with E-state index in [1.165, 1.54) is 72.3 Å². The van der Waals surface area contributed by atoms with E-state index in [-0.39, 0.29) is 24.5 Å². The molecule has 0 saturated heterocycles. The number of halogens is 1. The Morgan fingerprint density at radius 2 is 1.83 bits per heavy atom. The van der Waals surface area contributed by atoms with Crippen LogP contribution in [0.4, 0.5) is 4.39 Å². The maximum Gasteiger partial charge on any atom is 0.333 e. The number of hydrogen-bond donors (Lipinski definition) is 2. The number of amides is 1. The number of thiophene rings is 1. The third-order valence-corrected chi connectivity index (χ3v) is 8.59. The van der Waals surface area contributed by atoms with Crippen LogP contribution in [-0.2, 0) is 28.1 Å². The van der Waals surface area contributed by atoms with E-state index in [2.05, 4.69) is 10.2 Å². The number of aryl methyl sites for hydroxylation is 3. The predicted octanol–water partition coefficient (Wildman–Crippen LogP) is 2.22. The van der Waals surface area contributed by atoms with Gasteiger partial charge in [-0.1, -0.05) is 11.3 Å². The molecule has 1 aliphatic carbocycles. The standard InChI is InChI=1S/C22H23FN6O4S.C6H10O2/c1-12-16-17(30)28(22(2,3)20(24)31)21(32)27(19(16)34-18(12)29-25-8-9-26-29)10-7-13-11-14(23)5-6-15(13)33-4;7-5-1-2-6(8)4-3-5/h5-6,8-9,11H,7,10H2,1-4H3,(H2,24,31);5,7H,1-4H2. The SMILES string of the molecule is COc1ccc(F)cc1CCn1c(=O)n(C(C)(C)C(N)=O)c(=O)c2c(C)c(-n3nccn3)sc21.O=C1CCC(O)CC1. The number of aliphatic hydroxyl groups excluding tert-OH is 1. The Balaban J connectivity index is 0.000000437. The van der Waals surface area contributed by atoms with Gasteiger partial charge in [-0.2, -0.15) is 10.2 Å². The zero-order valence-corrected chi connectivity index (χ0v) is 24.6. The minimum atomic E-state index is -1.58. The fourth-order valence-electron chi connectivity index (χ4n) is 4.75. The Labute approximate surface area is 244 Å². The Bertz CT molecular complexity index is 1730. The summed E-state index contributed by atoms with van der Waals surface area (Å²) in [4.78, 5) is 51.5. The number of ether oxygens (including phenoxy) is 1. The van der Waals surface area contributed by atoms with Crippen LogP contribution in [0.5, 0.6) is 5.75 Å². The van der Waals surface area contributed by atoms with E-state index in [0.29, 0.717) is 58.2 Å². The number of hydrogen-bond acceptors (Lipinski definition) is 9. The lowest BCUT2D eigenvalue weighted by atomic mass is 9.97. The largest absolute Gasteiger partial charge is 0.496 e. The molecule has 1 fully saturated rings. The molecule has 4 aromatic rings. The highest BCUT2D eigenvalue weighted by molar-refractivity contribution is 7.21. The van der Waals surface area contributed by atoms with Gasteiger partial charge in [-0.25, -0.2) is 13.8 Å². The number of carbonyl (C=O) groups excluding carboxylic acids is 2. The van der Waals surface area contributed by atoms with Crippen molar-refractivity contribution in [3.05, 3.63) is 68.4 Å². The maximum atomic E-state index is 13.9. The molecular formula is C28H33FN6O6S. The monoisotopic (exact) mass is 600 g/mol. The molecule has 1 saturated carbocycles. The lowest BCUT2D eigenvalue weighted by Crippen LogP contribution is -2.54. The minimum absolute atomic E-state index is 0.0935. The maximum absolute atomic E-state index is 13.9. The minimum Gasteiger partial charge on any atom is -0.496 e. The number of Topliss-reactive ketones (excluding diaryl/α,β-unsaturated/α-hetero) is 1. The number of primary amides is 1. The van der Waals surface area contributed by atoms with Crippen LogP contribution in [0, 0.1) is 12.7 Å². The fourth-order valence-corrected chi connectivity index (χ4v) is 5.98. The van der Waals surface area contributed by atoms with E-state index >= 15 is 0 Å². The van der Waals surface area contributed by atoms with Crippen LogP contribution in [0.15, 0.2) is 40.2 Å². The van der Waals surface area contributed by atoms with E-state index in [1.807, 2.05) is 0 Å². The van der Waals surface area contributed by atoms with Crippen molar-refractivity contribution in [3.8, 4) is 10.8 Å². The van der Waals surface area contributed by atoms with Gasteiger partial charge in [0, 0.05) is 24.9 Å². The molecule has 1 aliphatic rings. The predicted molar refractivity (Wildman–Crippen MR) is 155 cm³/mol. The van der Waals surface area contributed by atoms with Crippen LogP contribution in [0.1, 0.15) is 50.7 Å². The third kappa shape index (κ3) is 6.04. The Kier molecular flexibility index (Phi) is 9.06. The summed E-state index contributed by atoms with van der Waals surface area (Å²) in [7, 11) is 1.47. The van der Waals surface area contributed by atoms with Crippen molar-refractivity contribution < 1.29 is 23.8 Å². The molecule has 0 spiro atoms. The Morgan fingerprint density at radius 1 is 1.19 bits per heavy atom. The van der Waals surface area contributed by atoms with E-state index in [4.69, 9.17) is 15.6 Å². The van der Waals surface area contributed by atoms with Gasteiger partial charge in [0.15, 0.2) is 0 Å². The Morgan fingerprint density at radius 3 is 2.40 bits per heavy atom. The first kappa shape index (κ1) is 30.8. The van der Waals surface area contributed by atoms with Crippen molar-refractivity contribution in [2.45, 2.75) is 71.1 Å². The number of methoxy groups -OCH3 is 1. The van der Waals surface area contributed by atoms with Gasteiger partial charge in [0.25, 0.3) is 5.56 Å². The molecular weight excluding hydrogens is 567 g/mol. The summed E-state index contributed by atoms with van der Waals surface area (Å²) in [6.07, 6.45) is 5.56. The number of aliphatic hydroxyl groups is 1. The number of fused-ring (bicyclic) bond motifs is 1. The number of benzene rings is 1. The van der Waals surface area contributed by atoms with Gasteiger partial charge in [0.1, 0.15) is 32.7 Å². The summed E-state index contributed by atoms with van der Waals surface area (Å²) in [5, 5.41) is 18.0. The second-order valence-electron chi connectivity index (χ2n) is 10.5. The first-order chi connectivity index (χ1) is 19.9. The average molecular weight is 601 g/mol. The molecule has 1 amide bonds. The summed E-state index contributed by atoms with van der Waals surface area (Å²) >= 11 is 1.18. The molecule has 14 heteroatoms. The van der Waals surface area contributed by atoms with Gasteiger partial charge in [0.05, 0.1) is 31.0 Å². The molecule has 0 bridgehead atoms. The highest BCUT2D eigenvalue weighted by atomic mass is 32.1. The fraction of sp³-hybridized carbons (Fsp3) is 0.429. The normalized spacial score (nSPS) is 14.1. The smallest absolute Gasteiger partial charge is 0.333 e. The lowest BCUT2D eigenvalue weighted by Gasteiger charge is -2.24. The molecule has 1 aromatic carbocycles. The van der Waals surface area contributed by atoms with Gasteiger partial charge in [-0.3, -0.25) is 19.0 Å². The van der Waals surface area contributed by atoms with Crippen molar-refractivity contribution >= 4 is 33.2 Å². The molecule has 12 nitrogen and oxygen atoms in total. The molecule has 3 N–H and O–H groups in total. The number of rotatable bonds is 7. The molecule has 0 atom stereocenters. The van der Waals surface area contributed by atoms with Gasteiger partial charge < -0.3 is 15.6 Å². The van der Waals surface area contributed by atoms with Gasteiger partial charge in [0.2, 0.25) is 5.91 Å². The molecule has 0 aliphatic heterocycles. The van der Waals surface area contributed by atoms with Crippen molar-refractivity contribution in [3.63, 3.8) is 0 Å². The van der Waals surface area contributed by atoms with Gasteiger partial charge in [-0.05, 0) is 63.8 Å². The summed E-state index contributed by atoms with van der Waals surface area (Å²) in [6.45, 7) is 4.66. The van der Waals surface area contributed by atoms with Gasteiger partial charge in [-0.15, -0.1) is 4.80 Å². The first-order valence-corrected chi connectivity index (χ1v) is 14.2. The lowest BCUT2D eigenvalue weighted by molar-refractivity contribution is -0.125. The summed E-state index contributed by atoms with van der Waals surface area (Å²) in [5.74, 6) is -0.492. The second-order valence-corrected chi connectivity index (χ2v) is 11.5. The number of carbonyl (C=O) groups is 2. The van der Waals surface area contributed by atoms with Crippen molar-refractivity contribution in [1.29, 1.82) is 0 Å². The first-order valence-electron chi connectivity index (χ1n) is 13.3. The number of nitrogens with zero attached hydrogens (tertiary/aromatic N) is 5. The van der Waals surface area contributed by atoms with E-state index in [1.54, 1.807) is 6.92 Å². The summed E-state index contributed by atoms with van der Waals surface area (Å²) in [6, 6.07) is 4.13. The van der Waals surface area contributed by atoms with Crippen LogP contribution >= 0.6 is 11.3 Å².